The van der Waals surface area contributed by atoms with Gasteiger partial charge in [-0.05, 0) is 55.5 Å². The number of nitrogens with zero attached hydrogens (tertiary/aromatic N) is 7. The van der Waals surface area contributed by atoms with Gasteiger partial charge in [-0.2, -0.15) is 10.4 Å². The van der Waals surface area contributed by atoms with Gasteiger partial charge >= 0.3 is 0 Å². The van der Waals surface area contributed by atoms with Crippen LogP contribution in [0.5, 0.6) is 0 Å². The first kappa shape index (κ1) is 19.1. The van der Waals surface area contributed by atoms with Crippen LogP contribution in [0.1, 0.15) is 11.4 Å². The van der Waals surface area contributed by atoms with Crippen molar-refractivity contribution in [2.45, 2.75) is 6.92 Å². The highest BCUT2D eigenvalue weighted by molar-refractivity contribution is 5.78. The van der Waals surface area contributed by atoms with Crippen LogP contribution in [0.3, 0.4) is 0 Å². The summed E-state index contributed by atoms with van der Waals surface area (Å²) in [6.45, 7) is 1.85. The van der Waals surface area contributed by atoms with Gasteiger partial charge in [0.2, 0.25) is 5.95 Å². The molecule has 148 valence electrons. The molecule has 0 radical (unpaired) electrons. The van der Waals surface area contributed by atoms with Gasteiger partial charge in [0, 0.05) is 37.2 Å². The van der Waals surface area contributed by atoms with Crippen LogP contribution in [0.2, 0.25) is 0 Å². The minimum atomic E-state index is 0.476. The fourth-order valence-electron chi connectivity index (χ4n) is 3.07. The lowest BCUT2D eigenvalue weighted by molar-refractivity contribution is 0.863. The number of nitrogens with one attached hydrogen (secondary N) is 1. The molecule has 1 N–H and O–H groups in total. The molecule has 2 heterocycles. The van der Waals surface area contributed by atoms with Gasteiger partial charge < -0.3 is 10.2 Å². The van der Waals surface area contributed by atoms with Crippen LogP contribution in [-0.4, -0.2) is 38.8 Å². The second kappa shape index (κ2) is 8.01. The van der Waals surface area contributed by atoms with E-state index in [4.69, 9.17) is 0 Å². The molecule has 0 unspecified atom stereocenters. The van der Waals surface area contributed by atoms with Crippen LogP contribution < -0.4 is 10.2 Å². The molecule has 0 aliphatic carbocycles. The van der Waals surface area contributed by atoms with E-state index in [9.17, 15) is 5.26 Å². The molecule has 4 aromatic rings. The van der Waals surface area contributed by atoms with E-state index in [1.54, 1.807) is 23.3 Å². The Morgan fingerprint density at radius 1 is 1.03 bits per heavy atom. The van der Waals surface area contributed by atoms with Crippen LogP contribution in [0.25, 0.3) is 16.9 Å². The third-order valence-electron chi connectivity index (χ3n) is 4.53. The molecule has 0 atom stereocenters. The van der Waals surface area contributed by atoms with Crippen LogP contribution in [0.15, 0.2) is 61.1 Å². The van der Waals surface area contributed by atoms with Crippen molar-refractivity contribution in [3.63, 3.8) is 0 Å². The van der Waals surface area contributed by atoms with E-state index < -0.39 is 0 Å². The van der Waals surface area contributed by atoms with Gasteiger partial charge in [-0.25, -0.2) is 19.6 Å². The van der Waals surface area contributed by atoms with Crippen molar-refractivity contribution in [2.75, 3.05) is 24.3 Å². The molecule has 4 rings (SSSR count). The highest BCUT2D eigenvalue weighted by atomic mass is 15.3. The molecule has 8 nitrogen and oxygen atoms in total. The fraction of sp³-hybridized carbons (Fsp3) is 0.136. The number of rotatable bonds is 5. The van der Waals surface area contributed by atoms with E-state index in [0.29, 0.717) is 11.5 Å². The molecule has 2 aromatic carbocycles. The molecule has 0 saturated heterocycles. The van der Waals surface area contributed by atoms with Gasteiger partial charge in [0.25, 0.3) is 0 Å². The number of aromatic nitrogens is 5. The van der Waals surface area contributed by atoms with Crippen molar-refractivity contribution in [3.8, 4) is 23.0 Å². The Morgan fingerprint density at radius 2 is 1.83 bits per heavy atom. The highest BCUT2D eigenvalue weighted by Crippen LogP contribution is 2.30. The topological polar surface area (TPSA) is 95.5 Å². The quantitative estimate of drug-likeness (QED) is 0.549. The molecule has 0 bridgehead atoms. The van der Waals surface area contributed by atoms with Crippen LogP contribution in [-0.2, 0) is 0 Å². The normalized spacial score (nSPS) is 10.5. The smallest absolute Gasteiger partial charge is 0.227 e. The molecule has 0 fully saturated rings. The predicted molar refractivity (Wildman–Crippen MR) is 116 cm³/mol. The number of aryl methyl sites for hydroxylation is 1. The first-order valence-electron chi connectivity index (χ1n) is 9.34. The molecular formula is C22H20N8. The van der Waals surface area contributed by atoms with Gasteiger partial charge in [-0.3, -0.25) is 0 Å². The van der Waals surface area contributed by atoms with E-state index in [0.717, 1.165) is 34.1 Å². The predicted octanol–water partition coefficient (Wildman–Crippen LogP) is 3.71. The third kappa shape index (κ3) is 3.95. The maximum absolute atomic E-state index is 9.28. The van der Waals surface area contributed by atoms with Crippen molar-refractivity contribution < 1.29 is 0 Å². The average Bonchev–Trinajstić information content (AvgIpc) is 3.20. The Bertz CT molecular complexity index is 1220. The van der Waals surface area contributed by atoms with Crippen molar-refractivity contribution in [1.82, 2.24) is 24.7 Å². The number of nitriles is 1. The summed E-state index contributed by atoms with van der Waals surface area (Å²) >= 11 is 0. The lowest BCUT2D eigenvalue weighted by Crippen LogP contribution is -2.10. The van der Waals surface area contributed by atoms with E-state index in [1.165, 1.54) is 0 Å². The lowest BCUT2D eigenvalue weighted by Gasteiger charge is -2.17. The summed E-state index contributed by atoms with van der Waals surface area (Å²) in [5.74, 6) is 1.20. The zero-order valence-corrected chi connectivity index (χ0v) is 16.9. The van der Waals surface area contributed by atoms with Crippen molar-refractivity contribution in [1.29, 1.82) is 5.26 Å². The molecule has 0 aliphatic heterocycles. The third-order valence-corrected chi connectivity index (χ3v) is 4.53. The Labute approximate surface area is 174 Å². The first-order chi connectivity index (χ1) is 14.5. The van der Waals surface area contributed by atoms with E-state index >= 15 is 0 Å². The molecule has 2 aromatic heterocycles. The summed E-state index contributed by atoms with van der Waals surface area (Å²) < 4.78 is 1.72. The summed E-state index contributed by atoms with van der Waals surface area (Å²) in [4.78, 5) is 15.1. The standard InChI is InChI=1S/C22H20N8/c1-15-25-14-30(28-15)18-7-5-17(6-8-18)26-22-24-11-10-20(27-22)19-12-16(13-23)4-9-21(19)29(2)3/h4-12,14H,1-3H3,(H,24,26,27). The minimum absolute atomic E-state index is 0.476. The maximum Gasteiger partial charge on any atom is 0.227 e. The number of benzene rings is 2. The van der Waals surface area contributed by atoms with Crippen molar-refractivity contribution in [2.24, 2.45) is 0 Å². The fourth-order valence-corrected chi connectivity index (χ4v) is 3.07. The minimum Gasteiger partial charge on any atom is -0.377 e. The second-order valence-corrected chi connectivity index (χ2v) is 6.91. The van der Waals surface area contributed by atoms with Crippen molar-refractivity contribution in [3.05, 3.63) is 72.4 Å². The van der Waals surface area contributed by atoms with Crippen molar-refractivity contribution >= 4 is 17.3 Å². The zero-order valence-electron chi connectivity index (χ0n) is 16.9. The summed E-state index contributed by atoms with van der Waals surface area (Å²) in [6.07, 6.45) is 3.39. The summed E-state index contributed by atoms with van der Waals surface area (Å²) in [7, 11) is 3.92. The first-order valence-corrected chi connectivity index (χ1v) is 9.34. The Hall–Kier alpha value is -4.25. The van der Waals surface area contributed by atoms with Gasteiger partial charge in [0.1, 0.15) is 12.2 Å². The van der Waals surface area contributed by atoms with Gasteiger partial charge in [-0.15, -0.1) is 0 Å². The number of anilines is 3. The molecule has 0 saturated carbocycles. The summed E-state index contributed by atoms with van der Waals surface area (Å²) in [5, 5.41) is 16.8. The zero-order chi connectivity index (χ0) is 21.1. The van der Waals surface area contributed by atoms with Gasteiger partial charge in [0.15, 0.2) is 0 Å². The van der Waals surface area contributed by atoms with Gasteiger partial charge in [0.05, 0.1) is 23.0 Å². The summed E-state index contributed by atoms with van der Waals surface area (Å²) in [6, 6.07) is 17.4. The van der Waals surface area contributed by atoms with E-state index in [2.05, 4.69) is 31.4 Å². The lowest BCUT2D eigenvalue weighted by atomic mass is 10.1. The number of hydrogen-bond acceptors (Lipinski definition) is 7. The van der Waals surface area contributed by atoms with Crippen LogP contribution >= 0.6 is 0 Å². The molecule has 8 heteroatoms. The molecule has 0 aliphatic rings. The monoisotopic (exact) mass is 396 g/mol. The van der Waals surface area contributed by atoms with E-state index in [1.807, 2.05) is 68.4 Å². The SMILES string of the molecule is Cc1ncn(-c2ccc(Nc3nccc(-c4cc(C#N)ccc4N(C)C)n3)cc2)n1. The molecule has 0 amide bonds. The van der Waals surface area contributed by atoms with Crippen LogP contribution in [0.4, 0.5) is 17.3 Å². The number of hydrogen-bond donors (Lipinski definition) is 1. The second-order valence-electron chi connectivity index (χ2n) is 6.91. The van der Waals surface area contributed by atoms with E-state index in [-0.39, 0.29) is 0 Å². The highest BCUT2D eigenvalue weighted by Gasteiger charge is 2.11. The van der Waals surface area contributed by atoms with Gasteiger partial charge in [-0.1, -0.05) is 0 Å². The Kier molecular flexibility index (Phi) is 5.09. The average molecular weight is 396 g/mol. The Balaban J connectivity index is 1.61. The Morgan fingerprint density at radius 3 is 2.50 bits per heavy atom. The molecular weight excluding hydrogens is 376 g/mol. The van der Waals surface area contributed by atoms with Crippen LogP contribution in [0, 0.1) is 18.3 Å². The largest absolute Gasteiger partial charge is 0.377 e. The molecule has 0 spiro atoms. The summed E-state index contributed by atoms with van der Waals surface area (Å²) in [5.41, 5.74) is 4.95. The molecule has 30 heavy (non-hydrogen) atoms. The maximum atomic E-state index is 9.28.